The molecule has 1 rings (SSSR count). The van der Waals surface area contributed by atoms with Crippen LogP contribution in [0.4, 0.5) is 0 Å². The molecule has 15 heavy (non-hydrogen) atoms. The summed E-state index contributed by atoms with van der Waals surface area (Å²) < 4.78 is 7.18. The highest BCUT2D eigenvalue weighted by molar-refractivity contribution is 7.97. The summed E-state index contributed by atoms with van der Waals surface area (Å²) in [5.74, 6) is 1.01. The predicted octanol–water partition coefficient (Wildman–Crippen LogP) is 0.913. The number of nitrogens with zero attached hydrogens (tertiary/aromatic N) is 1. The third-order valence-corrected chi connectivity index (χ3v) is 3.03. The van der Waals surface area contributed by atoms with Crippen molar-refractivity contribution in [2.75, 3.05) is 32.0 Å². The summed E-state index contributed by atoms with van der Waals surface area (Å²) in [4.78, 5) is 11.9. The average Bonchev–Trinajstić information content (AvgIpc) is 2.26. The van der Waals surface area contributed by atoms with Gasteiger partial charge in [-0.15, -0.1) is 12.4 Å². The van der Waals surface area contributed by atoms with E-state index in [2.05, 4.69) is 5.32 Å². The Morgan fingerprint density at radius 1 is 1.60 bits per heavy atom. The zero-order valence-corrected chi connectivity index (χ0v) is 10.8. The lowest BCUT2D eigenvalue weighted by molar-refractivity contribution is -0.139. The van der Waals surface area contributed by atoms with Crippen LogP contribution in [0.2, 0.25) is 0 Å². The molecule has 1 saturated heterocycles. The van der Waals surface area contributed by atoms with Crippen LogP contribution in [0.25, 0.3) is 0 Å². The molecule has 0 aromatic rings. The topological polar surface area (TPSA) is 41.6 Å². The second-order valence-electron chi connectivity index (χ2n) is 3.01. The van der Waals surface area contributed by atoms with E-state index in [1.165, 1.54) is 0 Å². The van der Waals surface area contributed by atoms with Gasteiger partial charge < -0.3 is 10.1 Å². The average molecular weight is 255 g/mol. The number of amides is 1. The van der Waals surface area contributed by atoms with E-state index in [9.17, 15) is 4.79 Å². The standard InChI is InChI=1S/C9H18N2O2S.ClH/c1-3-11(14-4-2)9(12)8-7-10-5-6-13-8;/h8,10H,3-7H2,1-2H3;1H. The molecule has 0 radical (unpaired) electrons. The zero-order valence-electron chi connectivity index (χ0n) is 9.19. The highest BCUT2D eigenvalue weighted by atomic mass is 35.5. The van der Waals surface area contributed by atoms with Crippen molar-refractivity contribution < 1.29 is 9.53 Å². The Bertz CT molecular complexity index is 182. The molecule has 0 saturated carbocycles. The number of morpholine rings is 1. The first-order chi connectivity index (χ1) is 6.79. The SMILES string of the molecule is CCSN(CC)C(=O)C1CNCCO1.Cl. The van der Waals surface area contributed by atoms with Crippen LogP contribution < -0.4 is 5.32 Å². The Hall–Kier alpha value is 0.0300. The number of hydrogen-bond acceptors (Lipinski definition) is 4. The van der Waals surface area contributed by atoms with Crippen molar-refractivity contribution in [1.82, 2.24) is 9.62 Å². The van der Waals surface area contributed by atoms with Crippen molar-refractivity contribution in [2.45, 2.75) is 20.0 Å². The van der Waals surface area contributed by atoms with Crippen LogP contribution in [0.3, 0.4) is 0 Å². The Balaban J connectivity index is 0.00000196. The molecule has 1 aliphatic heterocycles. The van der Waals surface area contributed by atoms with E-state index >= 15 is 0 Å². The smallest absolute Gasteiger partial charge is 0.262 e. The molecule has 0 aromatic heterocycles. The molecule has 1 atom stereocenters. The molecule has 6 heteroatoms. The third kappa shape index (κ3) is 4.59. The van der Waals surface area contributed by atoms with Gasteiger partial charge in [0, 0.05) is 25.4 Å². The fraction of sp³-hybridized carbons (Fsp3) is 0.889. The number of likely N-dealkylation sites (N-methyl/N-ethyl adjacent to an activating group) is 1. The van der Waals surface area contributed by atoms with Crippen molar-refractivity contribution in [1.29, 1.82) is 0 Å². The van der Waals surface area contributed by atoms with Crippen LogP contribution in [-0.2, 0) is 9.53 Å². The normalized spacial score (nSPS) is 20.5. The number of carbonyl (C=O) groups is 1. The second kappa shape index (κ2) is 8.21. The molecule has 1 unspecified atom stereocenters. The summed E-state index contributed by atoms with van der Waals surface area (Å²) in [5.41, 5.74) is 0. The molecule has 1 amide bonds. The Kier molecular flexibility index (Phi) is 8.23. The summed E-state index contributed by atoms with van der Waals surface area (Å²) in [6.07, 6.45) is -0.289. The van der Waals surface area contributed by atoms with Crippen LogP contribution in [0.1, 0.15) is 13.8 Å². The molecule has 4 nitrogen and oxygen atoms in total. The lowest BCUT2D eigenvalue weighted by Gasteiger charge is -2.27. The number of nitrogens with one attached hydrogen (secondary N) is 1. The first-order valence-corrected chi connectivity index (χ1v) is 6.00. The first-order valence-electron chi connectivity index (χ1n) is 5.06. The zero-order chi connectivity index (χ0) is 10.4. The fourth-order valence-corrected chi connectivity index (χ4v) is 2.09. The molecule has 0 aliphatic carbocycles. The van der Waals surface area contributed by atoms with Crippen molar-refractivity contribution in [3.63, 3.8) is 0 Å². The molecular formula is C9H19ClN2O2S. The quantitative estimate of drug-likeness (QED) is 0.758. The molecule has 1 heterocycles. The van der Waals surface area contributed by atoms with Crippen molar-refractivity contribution in [2.24, 2.45) is 0 Å². The van der Waals surface area contributed by atoms with Gasteiger partial charge in [0.2, 0.25) is 0 Å². The minimum Gasteiger partial charge on any atom is -0.366 e. The summed E-state index contributed by atoms with van der Waals surface area (Å²) in [6.45, 7) is 6.87. The molecule has 0 bridgehead atoms. The minimum absolute atomic E-state index is 0. The lowest BCUT2D eigenvalue weighted by atomic mass is 10.3. The molecule has 1 fully saturated rings. The monoisotopic (exact) mass is 254 g/mol. The van der Waals surface area contributed by atoms with Crippen molar-refractivity contribution in [3.8, 4) is 0 Å². The maximum absolute atomic E-state index is 11.9. The summed E-state index contributed by atoms with van der Waals surface area (Å²) in [7, 11) is 0. The first kappa shape index (κ1) is 15.0. The minimum atomic E-state index is -0.289. The van der Waals surface area contributed by atoms with Gasteiger partial charge >= 0.3 is 0 Å². The van der Waals surface area contributed by atoms with E-state index in [1.807, 2.05) is 13.8 Å². The Morgan fingerprint density at radius 3 is 2.80 bits per heavy atom. The van der Waals surface area contributed by atoms with E-state index < -0.39 is 0 Å². The van der Waals surface area contributed by atoms with Gasteiger partial charge in [0.15, 0.2) is 0 Å². The summed E-state index contributed by atoms with van der Waals surface area (Å²) in [6, 6.07) is 0. The Labute approximate surface area is 102 Å². The van der Waals surface area contributed by atoms with Gasteiger partial charge in [0.05, 0.1) is 6.61 Å². The van der Waals surface area contributed by atoms with Gasteiger partial charge in [-0.05, 0) is 18.9 Å². The number of halogens is 1. The van der Waals surface area contributed by atoms with Crippen molar-refractivity contribution >= 4 is 30.3 Å². The maximum Gasteiger partial charge on any atom is 0.262 e. The lowest BCUT2D eigenvalue weighted by Crippen LogP contribution is -2.47. The van der Waals surface area contributed by atoms with E-state index in [4.69, 9.17) is 4.74 Å². The van der Waals surface area contributed by atoms with Crippen LogP contribution in [0.5, 0.6) is 0 Å². The van der Waals surface area contributed by atoms with Crippen LogP contribution >= 0.6 is 24.4 Å². The molecule has 1 aliphatic rings. The van der Waals surface area contributed by atoms with Gasteiger partial charge in [0.25, 0.3) is 5.91 Å². The largest absolute Gasteiger partial charge is 0.366 e. The molecule has 0 aromatic carbocycles. The highest BCUT2D eigenvalue weighted by Crippen LogP contribution is 2.12. The van der Waals surface area contributed by atoms with Gasteiger partial charge in [-0.2, -0.15) is 0 Å². The number of hydrogen-bond donors (Lipinski definition) is 1. The van der Waals surface area contributed by atoms with E-state index in [0.717, 1.165) is 18.8 Å². The fourth-order valence-electron chi connectivity index (χ4n) is 1.35. The summed E-state index contributed by atoms with van der Waals surface area (Å²) >= 11 is 1.55. The van der Waals surface area contributed by atoms with Gasteiger partial charge in [0.1, 0.15) is 6.10 Å². The highest BCUT2D eigenvalue weighted by Gasteiger charge is 2.25. The number of rotatable bonds is 4. The number of ether oxygens (including phenoxy) is 1. The summed E-state index contributed by atoms with van der Waals surface area (Å²) in [5, 5.41) is 3.16. The van der Waals surface area contributed by atoms with E-state index in [1.54, 1.807) is 16.3 Å². The van der Waals surface area contributed by atoms with Gasteiger partial charge in [-0.3, -0.25) is 9.10 Å². The van der Waals surface area contributed by atoms with Gasteiger partial charge in [-0.25, -0.2) is 0 Å². The van der Waals surface area contributed by atoms with Gasteiger partial charge in [-0.1, -0.05) is 6.92 Å². The second-order valence-corrected chi connectivity index (χ2v) is 4.29. The Morgan fingerprint density at radius 2 is 2.33 bits per heavy atom. The van der Waals surface area contributed by atoms with Crippen LogP contribution in [0.15, 0.2) is 0 Å². The molecular weight excluding hydrogens is 236 g/mol. The van der Waals surface area contributed by atoms with Crippen LogP contribution in [0, 0.1) is 0 Å². The van der Waals surface area contributed by atoms with Crippen LogP contribution in [-0.4, -0.2) is 48.3 Å². The third-order valence-electron chi connectivity index (χ3n) is 2.02. The maximum atomic E-state index is 11.9. The predicted molar refractivity (Wildman–Crippen MR) is 65.4 cm³/mol. The van der Waals surface area contributed by atoms with E-state index in [0.29, 0.717) is 13.2 Å². The number of carbonyl (C=O) groups excluding carboxylic acids is 1. The molecule has 1 N–H and O–H groups in total. The van der Waals surface area contributed by atoms with Crippen molar-refractivity contribution in [3.05, 3.63) is 0 Å². The molecule has 0 spiro atoms. The molecule has 90 valence electrons. The van der Waals surface area contributed by atoms with E-state index in [-0.39, 0.29) is 24.4 Å².